The van der Waals surface area contributed by atoms with E-state index in [1.807, 2.05) is 24.3 Å². The number of nitrogens with zero attached hydrogens (tertiary/aromatic N) is 1. The number of ether oxygens (including phenoxy) is 3. The first-order chi connectivity index (χ1) is 14.4. The molecule has 156 valence electrons. The van der Waals surface area contributed by atoms with Gasteiger partial charge in [-0.05, 0) is 51.8 Å². The molecule has 0 N–H and O–H groups in total. The van der Waals surface area contributed by atoms with Gasteiger partial charge in [0.05, 0.1) is 25.8 Å². The Hall–Kier alpha value is -3.13. The van der Waals surface area contributed by atoms with Gasteiger partial charge in [0.1, 0.15) is 0 Å². The SMILES string of the molecule is COC(=O)/C=C/c1ccc(OC(=O)C2CC(=O)N(c3ccccc3Br)C2)c(OC)c1. The minimum Gasteiger partial charge on any atom is -0.493 e. The highest BCUT2D eigenvalue weighted by molar-refractivity contribution is 9.10. The van der Waals surface area contributed by atoms with Crippen molar-refractivity contribution in [3.63, 3.8) is 0 Å². The minimum atomic E-state index is -0.590. The van der Waals surface area contributed by atoms with Gasteiger partial charge in [0.25, 0.3) is 0 Å². The fourth-order valence-corrected chi connectivity index (χ4v) is 3.56. The molecule has 30 heavy (non-hydrogen) atoms. The number of anilines is 1. The van der Waals surface area contributed by atoms with Crippen molar-refractivity contribution in [3.05, 3.63) is 58.6 Å². The molecule has 0 radical (unpaired) electrons. The van der Waals surface area contributed by atoms with Crippen molar-refractivity contribution in [3.8, 4) is 11.5 Å². The summed E-state index contributed by atoms with van der Waals surface area (Å²) in [5.41, 5.74) is 1.39. The standard InChI is InChI=1S/C22H20BrNO6/c1-28-19-11-14(8-10-21(26)29-2)7-9-18(19)30-22(27)15-12-20(25)24(13-15)17-6-4-3-5-16(17)23/h3-11,15H,12-13H2,1-2H3/b10-8+. The molecule has 0 saturated carbocycles. The van der Waals surface area contributed by atoms with Gasteiger partial charge in [-0.3, -0.25) is 9.59 Å². The van der Waals surface area contributed by atoms with Crippen LogP contribution in [0.3, 0.4) is 0 Å². The number of para-hydroxylation sites is 1. The molecule has 0 aliphatic carbocycles. The lowest BCUT2D eigenvalue weighted by Gasteiger charge is -2.18. The van der Waals surface area contributed by atoms with Crippen molar-refractivity contribution in [2.45, 2.75) is 6.42 Å². The van der Waals surface area contributed by atoms with Crippen LogP contribution in [0.4, 0.5) is 5.69 Å². The van der Waals surface area contributed by atoms with Crippen LogP contribution in [-0.4, -0.2) is 38.6 Å². The van der Waals surface area contributed by atoms with Gasteiger partial charge in [0.2, 0.25) is 5.91 Å². The number of halogens is 1. The maximum Gasteiger partial charge on any atom is 0.330 e. The van der Waals surface area contributed by atoms with Crippen LogP contribution in [0, 0.1) is 5.92 Å². The number of amides is 1. The van der Waals surface area contributed by atoms with E-state index >= 15 is 0 Å². The summed E-state index contributed by atoms with van der Waals surface area (Å²) in [7, 11) is 2.75. The summed E-state index contributed by atoms with van der Waals surface area (Å²) in [4.78, 5) is 37.9. The Morgan fingerprint density at radius 2 is 1.90 bits per heavy atom. The summed E-state index contributed by atoms with van der Waals surface area (Å²) < 4.78 is 16.2. The van der Waals surface area contributed by atoms with E-state index in [9.17, 15) is 14.4 Å². The van der Waals surface area contributed by atoms with E-state index < -0.39 is 17.9 Å². The Balaban J connectivity index is 1.71. The normalized spacial score (nSPS) is 16.0. The van der Waals surface area contributed by atoms with Gasteiger partial charge in [0, 0.05) is 23.5 Å². The lowest BCUT2D eigenvalue weighted by atomic mass is 10.1. The third-order valence-corrected chi connectivity index (χ3v) is 5.28. The lowest BCUT2D eigenvalue weighted by Crippen LogP contribution is -2.27. The van der Waals surface area contributed by atoms with E-state index in [1.54, 1.807) is 29.2 Å². The predicted molar refractivity (Wildman–Crippen MR) is 114 cm³/mol. The van der Waals surface area contributed by atoms with Crippen molar-refractivity contribution in [1.29, 1.82) is 0 Å². The van der Waals surface area contributed by atoms with Crippen LogP contribution < -0.4 is 14.4 Å². The second-order valence-electron chi connectivity index (χ2n) is 6.54. The van der Waals surface area contributed by atoms with Gasteiger partial charge in [0.15, 0.2) is 11.5 Å². The quantitative estimate of drug-likeness (QED) is 0.362. The van der Waals surface area contributed by atoms with Crippen molar-refractivity contribution >= 4 is 45.5 Å². The summed E-state index contributed by atoms with van der Waals surface area (Å²) in [6, 6.07) is 12.2. The van der Waals surface area contributed by atoms with Crippen LogP contribution in [-0.2, 0) is 19.1 Å². The Morgan fingerprint density at radius 3 is 2.60 bits per heavy atom. The largest absolute Gasteiger partial charge is 0.493 e. The first-order valence-corrected chi connectivity index (χ1v) is 9.93. The molecule has 1 aliphatic heterocycles. The molecule has 2 aromatic carbocycles. The van der Waals surface area contributed by atoms with Gasteiger partial charge in [-0.15, -0.1) is 0 Å². The molecule has 1 fully saturated rings. The van der Waals surface area contributed by atoms with Crippen molar-refractivity contribution < 1.29 is 28.6 Å². The number of benzene rings is 2. The average molecular weight is 474 g/mol. The van der Waals surface area contributed by atoms with E-state index in [-0.39, 0.29) is 24.6 Å². The van der Waals surface area contributed by atoms with Gasteiger partial charge in [-0.1, -0.05) is 18.2 Å². The van der Waals surface area contributed by atoms with Crippen LogP contribution >= 0.6 is 15.9 Å². The highest BCUT2D eigenvalue weighted by Crippen LogP contribution is 2.33. The maximum absolute atomic E-state index is 12.7. The van der Waals surface area contributed by atoms with Gasteiger partial charge in [-0.25, -0.2) is 4.79 Å². The first kappa shape index (κ1) is 21.6. The zero-order valence-electron chi connectivity index (χ0n) is 16.5. The van der Waals surface area contributed by atoms with Crippen LogP contribution in [0.5, 0.6) is 11.5 Å². The van der Waals surface area contributed by atoms with Crippen LogP contribution in [0.2, 0.25) is 0 Å². The highest BCUT2D eigenvalue weighted by Gasteiger charge is 2.37. The number of carbonyl (C=O) groups is 3. The third kappa shape index (κ3) is 4.88. The Labute approximate surface area is 182 Å². The molecule has 1 heterocycles. The Bertz CT molecular complexity index is 1000. The second-order valence-corrected chi connectivity index (χ2v) is 7.40. The van der Waals surface area contributed by atoms with Crippen molar-refractivity contribution in [2.75, 3.05) is 25.7 Å². The monoisotopic (exact) mass is 473 g/mol. The number of hydrogen-bond acceptors (Lipinski definition) is 6. The van der Waals surface area contributed by atoms with Gasteiger partial charge < -0.3 is 19.1 Å². The molecule has 1 amide bonds. The molecular weight excluding hydrogens is 454 g/mol. The highest BCUT2D eigenvalue weighted by atomic mass is 79.9. The van der Waals surface area contributed by atoms with Crippen molar-refractivity contribution in [1.82, 2.24) is 0 Å². The number of rotatable bonds is 6. The van der Waals surface area contributed by atoms with Gasteiger partial charge in [-0.2, -0.15) is 0 Å². The van der Waals surface area contributed by atoms with E-state index in [0.29, 0.717) is 11.3 Å². The summed E-state index contributed by atoms with van der Waals surface area (Å²) >= 11 is 3.44. The molecular formula is C22H20BrNO6. The lowest BCUT2D eigenvalue weighted by molar-refractivity contribution is -0.139. The maximum atomic E-state index is 12.7. The first-order valence-electron chi connectivity index (χ1n) is 9.13. The fourth-order valence-electron chi connectivity index (χ4n) is 3.07. The molecule has 1 aliphatic rings. The molecule has 8 heteroatoms. The minimum absolute atomic E-state index is 0.0719. The van der Waals surface area contributed by atoms with Crippen LogP contribution in [0.1, 0.15) is 12.0 Å². The topological polar surface area (TPSA) is 82.1 Å². The Morgan fingerprint density at radius 1 is 1.13 bits per heavy atom. The molecule has 7 nitrogen and oxygen atoms in total. The second kappa shape index (κ2) is 9.58. The summed E-state index contributed by atoms with van der Waals surface area (Å²) in [5, 5.41) is 0. The Kier molecular flexibility index (Phi) is 6.89. The average Bonchev–Trinajstić information content (AvgIpc) is 3.14. The molecule has 0 spiro atoms. The third-order valence-electron chi connectivity index (χ3n) is 4.61. The van der Waals surface area contributed by atoms with Gasteiger partial charge >= 0.3 is 11.9 Å². The van der Waals surface area contributed by atoms with E-state index in [4.69, 9.17) is 9.47 Å². The number of esters is 2. The summed E-state index contributed by atoms with van der Waals surface area (Å²) in [6.45, 7) is 0.239. The smallest absolute Gasteiger partial charge is 0.330 e. The van der Waals surface area contributed by atoms with Crippen LogP contribution in [0.15, 0.2) is 53.0 Å². The number of methoxy groups -OCH3 is 2. The zero-order chi connectivity index (χ0) is 21.7. The van der Waals surface area contributed by atoms with E-state index in [0.717, 1.165) is 10.2 Å². The van der Waals surface area contributed by atoms with Crippen molar-refractivity contribution in [2.24, 2.45) is 5.92 Å². The van der Waals surface area contributed by atoms with E-state index in [2.05, 4.69) is 20.7 Å². The molecule has 0 aromatic heterocycles. The predicted octanol–water partition coefficient (Wildman–Crippen LogP) is 3.60. The molecule has 1 unspecified atom stereocenters. The molecule has 3 rings (SSSR count). The zero-order valence-corrected chi connectivity index (χ0v) is 18.0. The molecule has 1 atom stereocenters. The summed E-state index contributed by atoms with van der Waals surface area (Å²) in [6.07, 6.45) is 2.91. The fraction of sp³-hybridized carbons (Fsp3) is 0.227. The summed E-state index contributed by atoms with van der Waals surface area (Å²) in [5.74, 6) is -1.14. The number of hydrogen-bond donors (Lipinski definition) is 0. The van der Waals surface area contributed by atoms with E-state index in [1.165, 1.54) is 20.3 Å². The molecule has 2 aromatic rings. The molecule has 1 saturated heterocycles. The molecule has 0 bridgehead atoms. The number of carbonyl (C=O) groups excluding carboxylic acids is 3. The van der Waals surface area contributed by atoms with Crippen LogP contribution in [0.25, 0.3) is 6.08 Å².